The number of amides is 9. The molecule has 38 heteroatoms. The molecule has 4 aliphatic rings. The van der Waals surface area contributed by atoms with Crippen molar-refractivity contribution in [2.75, 3.05) is 106 Å². The van der Waals surface area contributed by atoms with Crippen molar-refractivity contribution in [2.45, 2.75) is 246 Å². The average molecular weight is 1470 g/mol. The minimum Gasteiger partial charge on any atom is -0.394 e. The standard InChI is InChI=1S/C64H113N9O29/c1-36(77)68-51-57(88)54(85)44(33-74)100-62(51)97-28-25-94-22-19-65-47(81)17-15-40(60(91)66-20-23-95-26-29-98-63-52(69-37(2)78)58(89)55(86)45(34-75)101-63)72-50(84)18-16-41(61(92)67-21-24-96-27-30-99-64-53(70-38(3)79)59(90)56(87)46(35-76)102-64)71-48(82)13-11-9-7-5-6-8-10-12-14-49(83)73-42-31-39(93-4)32-43(42)80/h39-46,51-59,62-64,74-76,80,85-90H,5-35H2,1-4H3,(H,65,81)(H,66,91)(H,67,92)(H,68,77)(H,69,78)(H,70,79)(H,71,82)(H,72,84)(H,73,83)/t39-,40?,41?,42-,43+,44?,45?,46?,51?,52?,53?,54?,55?,56?,57?,58?,59?,62?,63?,64?/m1/s1. The fourth-order valence-corrected chi connectivity index (χ4v) is 11.8. The normalized spacial score (nSPS) is 28.4. The van der Waals surface area contributed by atoms with Gasteiger partial charge in [-0.3, -0.25) is 43.2 Å². The van der Waals surface area contributed by atoms with Crippen molar-refractivity contribution >= 4 is 53.2 Å². The Hall–Kier alpha value is -5.57. The summed E-state index contributed by atoms with van der Waals surface area (Å²) in [5, 5.41) is 125. The molecule has 9 amide bonds. The highest BCUT2D eigenvalue weighted by Gasteiger charge is 2.48. The van der Waals surface area contributed by atoms with Crippen LogP contribution < -0.4 is 47.9 Å². The van der Waals surface area contributed by atoms with Gasteiger partial charge in [0, 0.05) is 79.6 Å². The summed E-state index contributed by atoms with van der Waals surface area (Å²) in [6.07, 6.45) is -10.8. The molecular formula is C64H113N9O29. The van der Waals surface area contributed by atoms with Crippen LogP contribution in [0.15, 0.2) is 0 Å². The number of carbonyl (C=O) groups excluding carboxylic acids is 9. The molecule has 19 N–H and O–H groups in total. The van der Waals surface area contributed by atoms with E-state index >= 15 is 0 Å². The average Bonchev–Trinajstić information content (AvgIpc) is 1.05. The molecule has 102 heavy (non-hydrogen) atoms. The van der Waals surface area contributed by atoms with Crippen LogP contribution in [0.4, 0.5) is 0 Å². The third-order valence-electron chi connectivity index (χ3n) is 17.3. The number of aliphatic hydroxyl groups excluding tert-OH is 10. The van der Waals surface area contributed by atoms with Gasteiger partial charge in [0.05, 0.1) is 97.5 Å². The minimum absolute atomic E-state index is 0.0206. The summed E-state index contributed by atoms with van der Waals surface area (Å²) < 4.78 is 55.7. The minimum atomic E-state index is -1.54. The van der Waals surface area contributed by atoms with Gasteiger partial charge in [-0.05, 0) is 32.1 Å². The molecule has 0 radical (unpaired) electrons. The van der Waals surface area contributed by atoms with Gasteiger partial charge in [-0.1, -0.05) is 38.5 Å². The van der Waals surface area contributed by atoms with Crippen molar-refractivity contribution < 1.29 is 142 Å². The lowest BCUT2D eigenvalue weighted by Crippen LogP contribution is -2.64. The highest BCUT2D eigenvalue weighted by molar-refractivity contribution is 5.90. The fraction of sp³-hybridized carbons (Fsp3) is 0.859. The van der Waals surface area contributed by atoms with E-state index in [1.54, 1.807) is 7.11 Å². The van der Waals surface area contributed by atoms with Gasteiger partial charge in [-0.25, -0.2) is 0 Å². The lowest BCUT2D eigenvalue weighted by atomic mass is 9.97. The predicted octanol–water partition coefficient (Wildman–Crippen LogP) is -7.65. The lowest BCUT2D eigenvalue weighted by molar-refractivity contribution is -0.272. The van der Waals surface area contributed by atoms with Gasteiger partial charge in [0.15, 0.2) is 18.9 Å². The van der Waals surface area contributed by atoms with Gasteiger partial charge < -0.3 is 146 Å². The number of carbonyl (C=O) groups is 9. The molecule has 0 aromatic heterocycles. The van der Waals surface area contributed by atoms with Crippen LogP contribution in [-0.4, -0.2) is 333 Å². The second kappa shape index (κ2) is 49.3. The maximum atomic E-state index is 13.8. The quantitative estimate of drug-likeness (QED) is 0.0252. The summed E-state index contributed by atoms with van der Waals surface area (Å²) >= 11 is 0. The van der Waals surface area contributed by atoms with E-state index in [9.17, 15) is 94.2 Å². The smallest absolute Gasteiger partial charge is 0.242 e. The Bertz CT molecular complexity index is 2500. The second-order valence-corrected chi connectivity index (χ2v) is 25.4. The van der Waals surface area contributed by atoms with Crippen molar-refractivity contribution in [3.05, 3.63) is 0 Å². The van der Waals surface area contributed by atoms with Gasteiger partial charge in [-0.15, -0.1) is 0 Å². The molecule has 4 fully saturated rings. The van der Waals surface area contributed by atoms with Crippen LogP contribution in [0.25, 0.3) is 0 Å². The van der Waals surface area contributed by atoms with E-state index in [2.05, 4.69) is 47.9 Å². The Morgan fingerprint density at radius 2 is 0.745 bits per heavy atom. The second-order valence-electron chi connectivity index (χ2n) is 25.4. The monoisotopic (exact) mass is 1470 g/mol. The molecule has 3 heterocycles. The van der Waals surface area contributed by atoms with E-state index in [1.807, 2.05) is 0 Å². The maximum Gasteiger partial charge on any atom is 0.242 e. The molecular weight excluding hydrogens is 1360 g/mol. The first-order valence-corrected chi connectivity index (χ1v) is 35.0. The molecule has 1 saturated carbocycles. The Kier molecular flexibility index (Phi) is 42.9. The Balaban J connectivity index is 1.32. The van der Waals surface area contributed by atoms with Crippen LogP contribution in [0.5, 0.6) is 0 Å². The molecule has 0 aromatic carbocycles. The van der Waals surface area contributed by atoms with Gasteiger partial charge in [0.2, 0.25) is 53.2 Å². The predicted molar refractivity (Wildman–Crippen MR) is 352 cm³/mol. The van der Waals surface area contributed by atoms with Crippen molar-refractivity contribution in [1.29, 1.82) is 0 Å². The van der Waals surface area contributed by atoms with Crippen LogP contribution in [0.1, 0.15) is 124 Å². The number of hydrogen-bond acceptors (Lipinski definition) is 29. The summed E-state index contributed by atoms with van der Waals surface area (Å²) in [4.78, 5) is 116. The van der Waals surface area contributed by atoms with Gasteiger partial charge >= 0.3 is 0 Å². The fourth-order valence-electron chi connectivity index (χ4n) is 11.8. The first-order valence-electron chi connectivity index (χ1n) is 35.0. The van der Waals surface area contributed by atoms with Gasteiger partial charge in [0.25, 0.3) is 0 Å². The molecule has 3 aliphatic heterocycles. The van der Waals surface area contributed by atoms with E-state index in [1.165, 1.54) is 20.8 Å². The summed E-state index contributed by atoms with van der Waals surface area (Å²) in [5.74, 6) is -4.90. The largest absolute Gasteiger partial charge is 0.394 e. The van der Waals surface area contributed by atoms with E-state index in [0.29, 0.717) is 38.5 Å². The molecule has 0 aromatic rings. The molecule has 588 valence electrons. The van der Waals surface area contributed by atoms with Gasteiger partial charge in [-0.2, -0.15) is 0 Å². The first-order chi connectivity index (χ1) is 48.8. The Morgan fingerprint density at radius 3 is 1.10 bits per heavy atom. The van der Waals surface area contributed by atoms with Gasteiger partial charge in [0.1, 0.15) is 85.1 Å². The summed E-state index contributed by atoms with van der Waals surface area (Å²) in [5.41, 5.74) is 0. The topological polar surface area (TPSA) is 556 Å². The molecule has 0 bridgehead atoms. The molecule has 3 saturated heterocycles. The SMILES string of the molecule is CO[C@H]1C[C@H](O)[C@H](NC(=O)CCCCCCCCCCC(=O)NC(CCC(=O)NC(CCC(=O)NCCOCCOC2OC(CO)C(O)C(O)C2NC(C)=O)C(=O)NCCOCCOC2OC(CO)C(O)C(O)C2NC(C)=O)C(=O)NCCOCCOC2OC(CO)C(O)C(O)C2NC(C)=O)C1. The number of rotatable bonds is 50. The van der Waals surface area contributed by atoms with Crippen molar-refractivity contribution in [3.8, 4) is 0 Å². The van der Waals surface area contributed by atoms with Crippen LogP contribution in [-0.2, 0) is 90.5 Å². The summed E-state index contributed by atoms with van der Waals surface area (Å²) in [7, 11) is 1.58. The third-order valence-corrected chi connectivity index (χ3v) is 17.3. The molecule has 0 spiro atoms. The molecule has 17 unspecified atom stereocenters. The third kappa shape index (κ3) is 32.4. The van der Waals surface area contributed by atoms with Crippen molar-refractivity contribution in [3.63, 3.8) is 0 Å². The van der Waals surface area contributed by atoms with Crippen molar-refractivity contribution in [2.24, 2.45) is 0 Å². The van der Waals surface area contributed by atoms with Crippen LogP contribution >= 0.6 is 0 Å². The highest BCUT2D eigenvalue weighted by atomic mass is 16.7. The van der Waals surface area contributed by atoms with Crippen LogP contribution in [0, 0.1) is 0 Å². The number of aliphatic hydroxyl groups is 10. The number of nitrogens with one attached hydrogen (secondary N) is 9. The van der Waals surface area contributed by atoms with E-state index in [4.69, 9.17) is 47.4 Å². The zero-order chi connectivity index (χ0) is 75.1. The molecule has 20 atom stereocenters. The maximum absolute atomic E-state index is 13.8. The summed E-state index contributed by atoms with van der Waals surface area (Å²) in [6.45, 7) is 0.449. The van der Waals surface area contributed by atoms with Crippen molar-refractivity contribution in [1.82, 2.24) is 47.9 Å². The Labute approximate surface area is 592 Å². The number of ether oxygens (including phenoxy) is 10. The molecule has 1 aliphatic carbocycles. The van der Waals surface area contributed by atoms with Crippen LogP contribution in [0.2, 0.25) is 0 Å². The summed E-state index contributed by atoms with van der Waals surface area (Å²) in [6, 6.07) is -6.47. The Morgan fingerprint density at radius 1 is 0.402 bits per heavy atom. The molecule has 38 nitrogen and oxygen atoms in total. The number of methoxy groups -OCH3 is 1. The molecule has 4 rings (SSSR count). The first kappa shape index (κ1) is 88.8. The highest BCUT2D eigenvalue weighted by Crippen LogP contribution is 2.26. The van der Waals surface area contributed by atoms with E-state index in [-0.39, 0.29) is 123 Å². The zero-order valence-corrected chi connectivity index (χ0v) is 58.7. The van der Waals surface area contributed by atoms with E-state index in [0.717, 1.165) is 32.1 Å². The zero-order valence-electron chi connectivity index (χ0n) is 58.7. The lowest BCUT2D eigenvalue weighted by Gasteiger charge is -2.42. The number of hydrogen-bond donors (Lipinski definition) is 19. The van der Waals surface area contributed by atoms with Crippen LogP contribution in [0.3, 0.4) is 0 Å². The van der Waals surface area contributed by atoms with E-state index < -0.39 is 184 Å². The number of unbranched alkanes of at least 4 members (excludes halogenated alkanes) is 7.